The second-order valence-electron chi connectivity index (χ2n) is 7.36. The molecule has 1 N–H and O–H groups in total. The van der Waals surface area contributed by atoms with E-state index in [9.17, 15) is 17.6 Å². The van der Waals surface area contributed by atoms with Gasteiger partial charge in [-0.15, -0.1) is 0 Å². The number of carbonyl (C=O) groups is 1. The molecule has 6 nitrogen and oxygen atoms in total. The van der Waals surface area contributed by atoms with Crippen LogP contribution in [0.3, 0.4) is 0 Å². The number of nitrogens with zero attached hydrogens (tertiary/aromatic N) is 1. The highest BCUT2D eigenvalue weighted by Gasteiger charge is 2.27. The van der Waals surface area contributed by atoms with Gasteiger partial charge in [0.1, 0.15) is 18.1 Å². The predicted octanol–water partition coefficient (Wildman–Crippen LogP) is 4.22. The number of halogens is 1. The number of anilines is 1. The van der Waals surface area contributed by atoms with E-state index in [1.807, 2.05) is 19.1 Å². The lowest BCUT2D eigenvalue weighted by Gasteiger charge is -2.25. The number of carbonyl (C=O) groups excluding carboxylic acids is 1. The predicted molar refractivity (Wildman–Crippen MR) is 122 cm³/mol. The van der Waals surface area contributed by atoms with E-state index >= 15 is 0 Å². The van der Waals surface area contributed by atoms with E-state index in [1.165, 1.54) is 24.3 Å². The van der Waals surface area contributed by atoms with Gasteiger partial charge in [0.05, 0.1) is 23.7 Å². The first-order chi connectivity index (χ1) is 15.2. The highest BCUT2D eigenvalue weighted by atomic mass is 32.2. The zero-order chi connectivity index (χ0) is 23.3. The maximum Gasteiger partial charge on any atom is 0.264 e. The van der Waals surface area contributed by atoms with Crippen LogP contribution in [0.25, 0.3) is 0 Å². The fourth-order valence-corrected chi connectivity index (χ4v) is 4.57. The van der Waals surface area contributed by atoms with E-state index in [2.05, 4.69) is 5.32 Å². The molecule has 32 heavy (non-hydrogen) atoms. The quantitative estimate of drug-likeness (QED) is 0.551. The van der Waals surface area contributed by atoms with E-state index in [-0.39, 0.29) is 16.6 Å². The van der Waals surface area contributed by atoms with Crippen molar-refractivity contribution in [3.63, 3.8) is 0 Å². The van der Waals surface area contributed by atoms with Crippen LogP contribution in [0.4, 0.5) is 10.1 Å². The molecule has 0 aromatic heterocycles. The van der Waals surface area contributed by atoms with E-state index in [0.29, 0.717) is 5.75 Å². The Bertz CT molecular complexity index is 1160. The summed E-state index contributed by atoms with van der Waals surface area (Å²) in [6.45, 7) is 3.20. The van der Waals surface area contributed by atoms with Gasteiger partial charge in [-0.05, 0) is 67.9 Å². The molecule has 1 unspecified atom stereocenters. The molecule has 0 bridgehead atoms. The van der Waals surface area contributed by atoms with Crippen molar-refractivity contribution in [2.45, 2.75) is 24.8 Å². The van der Waals surface area contributed by atoms with E-state index in [0.717, 1.165) is 27.6 Å². The van der Waals surface area contributed by atoms with Gasteiger partial charge >= 0.3 is 0 Å². The minimum atomic E-state index is -4.05. The number of ether oxygens (including phenoxy) is 1. The standard InChI is InChI=1S/C24H25FN2O4S/c1-17-4-14-23(15-5-17)32(29,30)27(21-10-8-20(25)9-11-21)16-24(28)26-18(2)19-6-12-22(31-3)13-7-19/h4-15,18H,16H2,1-3H3,(H,26,28). The number of nitrogens with one attached hydrogen (secondary N) is 1. The van der Waals surface area contributed by atoms with Crippen molar-refractivity contribution in [1.82, 2.24) is 5.32 Å². The minimum absolute atomic E-state index is 0.0448. The van der Waals surface area contributed by atoms with Gasteiger partial charge in [-0.3, -0.25) is 9.10 Å². The van der Waals surface area contributed by atoms with Crippen LogP contribution in [0.5, 0.6) is 5.75 Å². The van der Waals surface area contributed by atoms with Crippen molar-refractivity contribution in [3.8, 4) is 5.75 Å². The monoisotopic (exact) mass is 456 g/mol. The Kier molecular flexibility index (Phi) is 7.15. The molecule has 0 fully saturated rings. The first kappa shape index (κ1) is 23.3. The second kappa shape index (κ2) is 9.82. The first-order valence-electron chi connectivity index (χ1n) is 9.99. The Hall–Kier alpha value is -3.39. The van der Waals surface area contributed by atoms with Gasteiger partial charge in [0.2, 0.25) is 5.91 Å². The number of aryl methyl sites for hydroxylation is 1. The number of benzene rings is 3. The molecule has 3 aromatic rings. The maximum atomic E-state index is 13.4. The smallest absolute Gasteiger partial charge is 0.264 e. The Morgan fingerprint density at radius 1 is 1.00 bits per heavy atom. The van der Waals surface area contributed by atoms with Crippen LogP contribution in [-0.2, 0) is 14.8 Å². The van der Waals surface area contributed by atoms with Crippen LogP contribution in [0, 0.1) is 12.7 Å². The average Bonchev–Trinajstić information content (AvgIpc) is 2.78. The average molecular weight is 457 g/mol. The molecular weight excluding hydrogens is 431 g/mol. The third-order valence-corrected chi connectivity index (χ3v) is 6.79. The summed E-state index contributed by atoms with van der Waals surface area (Å²) in [7, 11) is -2.49. The van der Waals surface area contributed by atoms with Gasteiger partial charge in [0.25, 0.3) is 10.0 Å². The van der Waals surface area contributed by atoms with Crippen LogP contribution in [0.2, 0.25) is 0 Å². The minimum Gasteiger partial charge on any atom is -0.497 e. The number of sulfonamides is 1. The summed E-state index contributed by atoms with van der Waals surface area (Å²) in [5.41, 5.74) is 1.94. The Morgan fingerprint density at radius 3 is 2.16 bits per heavy atom. The fourth-order valence-electron chi connectivity index (χ4n) is 3.15. The normalized spacial score (nSPS) is 12.1. The summed E-state index contributed by atoms with van der Waals surface area (Å²) in [6, 6.07) is 18.2. The lowest BCUT2D eigenvalue weighted by molar-refractivity contribution is -0.120. The Morgan fingerprint density at radius 2 is 1.59 bits per heavy atom. The zero-order valence-electron chi connectivity index (χ0n) is 18.1. The fraction of sp³-hybridized carbons (Fsp3) is 0.208. The van der Waals surface area contributed by atoms with Crippen molar-refractivity contribution in [2.75, 3.05) is 18.0 Å². The molecule has 1 amide bonds. The summed E-state index contributed by atoms with van der Waals surface area (Å²) in [6.07, 6.45) is 0. The summed E-state index contributed by atoms with van der Waals surface area (Å²) in [5, 5.41) is 2.82. The molecule has 0 aliphatic carbocycles. The van der Waals surface area contributed by atoms with E-state index in [4.69, 9.17) is 4.74 Å². The molecule has 168 valence electrons. The van der Waals surface area contributed by atoms with Crippen molar-refractivity contribution >= 4 is 21.6 Å². The van der Waals surface area contributed by atoms with Crippen LogP contribution >= 0.6 is 0 Å². The summed E-state index contributed by atoms with van der Waals surface area (Å²) >= 11 is 0. The molecule has 0 aliphatic heterocycles. The third-order valence-electron chi connectivity index (χ3n) is 5.00. The molecule has 3 rings (SSSR count). The number of hydrogen-bond acceptors (Lipinski definition) is 4. The maximum absolute atomic E-state index is 13.4. The van der Waals surface area contributed by atoms with Gasteiger partial charge < -0.3 is 10.1 Å². The van der Waals surface area contributed by atoms with Crippen molar-refractivity contribution in [3.05, 3.63) is 89.7 Å². The van der Waals surface area contributed by atoms with Gasteiger partial charge in [0.15, 0.2) is 0 Å². The number of methoxy groups -OCH3 is 1. The van der Waals surface area contributed by atoms with E-state index in [1.54, 1.807) is 38.3 Å². The highest BCUT2D eigenvalue weighted by molar-refractivity contribution is 7.92. The van der Waals surface area contributed by atoms with Crippen LogP contribution < -0.4 is 14.4 Å². The van der Waals surface area contributed by atoms with Crippen LogP contribution in [0.1, 0.15) is 24.1 Å². The molecule has 8 heteroatoms. The summed E-state index contributed by atoms with van der Waals surface area (Å²) in [5.74, 6) is -0.300. The molecular formula is C24H25FN2O4S. The molecule has 0 saturated heterocycles. The highest BCUT2D eigenvalue weighted by Crippen LogP contribution is 2.24. The summed E-state index contributed by atoms with van der Waals surface area (Å²) in [4.78, 5) is 12.9. The molecule has 3 aromatic carbocycles. The third kappa shape index (κ3) is 5.45. The van der Waals surface area contributed by atoms with Gasteiger partial charge in [-0.2, -0.15) is 0 Å². The molecule has 0 saturated carbocycles. The Labute approximate surface area is 187 Å². The molecule has 0 aliphatic rings. The van der Waals surface area contributed by atoms with Crippen molar-refractivity contribution < 1.29 is 22.3 Å². The van der Waals surface area contributed by atoms with Crippen LogP contribution in [-0.4, -0.2) is 28.0 Å². The lowest BCUT2D eigenvalue weighted by Crippen LogP contribution is -2.41. The van der Waals surface area contributed by atoms with E-state index < -0.39 is 28.3 Å². The topological polar surface area (TPSA) is 75.7 Å². The first-order valence-corrected chi connectivity index (χ1v) is 11.4. The van der Waals surface area contributed by atoms with Crippen molar-refractivity contribution in [2.24, 2.45) is 0 Å². The summed E-state index contributed by atoms with van der Waals surface area (Å²) < 4.78 is 46.2. The van der Waals surface area contributed by atoms with Gasteiger partial charge in [-0.25, -0.2) is 12.8 Å². The number of rotatable bonds is 8. The number of amides is 1. The largest absolute Gasteiger partial charge is 0.497 e. The molecule has 0 heterocycles. The Balaban J connectivity index is 1.85. The molecule has 0 radical (unpaired) electrons. The molecule has 1 atom stereocenters. The van der Waals surface area contributed by atoms with Gasteiger partial charge in [-0.1, -0.05) is 29.8 Å². The van der Waals surface area contributed by atoms with Crippen LogP contribution in [0.15, 0.2) is 77.7 Å². The zero-order valence-corrected chi connectivity index (χ0v) is 18.9. The number of hydrogen-bond donors (Lipinski definition) is 1. The molecule has 0 spiro atoms. The second-order valence-corrected chi connectivity index (χ2v) is 9.23. The van der Waals surface area contributed by atoms with Crippen molar-refractivity contribution in [1.29, 1.82) is 0 Å². The van der Waals surface area contributed by atoms with Gasteiger partial charge in [0, 0.05) is 0 Å². The SMILES string of the molecule is COc1ccc(C(C)NC(=O)CN(c2ccc(F)cc2)S(=O)(=O)c2ccc(C)cc2)cc1. The lowest BCUT2D eigenvalue weighted by atomic mass is 10.1.